The molecule has 1 rings (SSSR count). The zero-order chi connectivity index (χ0) is 14.4. The highest BCUT2D eigenvalue weighted by atomic mass is 19.3. The van der Waals surface area contributed by atoms with Gasteiger partial charge in [0.25, 0.3) is 0 Å². The van der Waals surface area contributed by atoms with Crippen molar-refractivity contribution in [3.05, 3.63) is 28.8 Å². The van der Waals surface area contributed by atoms with Crippen LogP contribution in [-0.4, -0.2) is 19.2 Å². The number of ether oxygens (including phenoxy) is 2. The van der Waals surface area contributed by atoms with E-state index in [2.05, 4.69) is 4.74 Å². The van der Waals surface area contributed by atoms with Gasteiger partial charge >= 0.3 is 12.6 Å². The van der Waals surface area contributed by atoms with E-state index < -0.39 is 12.6 Å². The molecule has 0 aliphatic heterocycles. The van der Waals surface area contributed by atoms with Gasteiger partial charge in [-0.2, -0.15) is 14.0 Å². The number of hydrogen-bond donors (Lipinski definition) is 1. The Kier molecular flexibility index (Phi) is 5.21. The Bertz CT molecular complexity index is 512. The average Bonchev–Trinajstić information content (AvgIpc) is 2.37. The van der Waals surface area contributed by atoms with Crippen molar-refractivity contribution in [2.24, 2.45) is 5.73 Å². The lowest BCUT2D eigenvalue weighted by Gasteiger charge is -2.13. The first-order chi connectivity index (χ1) is 9.04. The van der Waals surface area contributed by atoms with E-state index >= 15 is 0 Å². The minimum absolute atomic E-state index is 0.0718. The van der Waals surface area contributed by atoms with Crippen LogP contribution in [0.5, 0.6) is 5.75 Å². The summed E-state index contributed by atoms with van der Waals surface area (Å²) in [7, 11) is 0. The van der Waals surface area contributed by atoms with Gasteiger partial charge in [0.05, 0.1) is 17.7 Å². The Morgan fingerprint density at radius 3 is 2.68 bits per heavy atom. The van der Waals surface area contributed by atoms with Crippen LogP contribution >= 0.6 is 0 Å². The summed E-state index contributed by atoms with van der Waals surface area (Å²) in [6.45, 7) is -1.46. The van der Waals surface area contributed by atoms with E-state index in [1.807, 2.05) is 0 Å². The number of rotatable bonds is 5. The predicted molar refractivity (Wildman–Crippen MR) is 61.6 cm³/mol. The van der Waals surface area contributed by atoms with Gasteiger partial charge in [-0.1, -0.05) is 0 Å². The predicted octanol–water partition coefficient (Wildman–Crippen LogP) is 1.80. The third-order valence-electron chi connectivity index (χ3n) is 2.30. The molecule has 0 unspecified atom stereocenters. The van der Waals surface area contributed by atoms with E-state index in [9.17, 15) is 13.6 Å². The molecule has 0 atom stereocenters. The van der Waals surface area contributed by atoms with E-state index in [-0.39, 0.29) is 35.6 Å². The van der Waals surface area contributed by atoms with Crippen LogP contribution in [0, 0.1) is 11.3 Å². The minimum Gasteiger partial charge on any atom is -0.462 e. The van der Waals surface area contributed by atoms with Crippen LogP contribution in [0.1, 0.15) is 28.4 Å². The van der Waals surface area contributed by atoms with E-state index in [1.165, 1.54) is 6.07 Å². The third-order valence-corrected chi connectivity index (χ3v) is 2.30. The zero-order valence-corrected chi connectivity index (χ0v) is 10.2. The van der Waals surface area contributed by atoms with Gasteiger partial charge in [0, 0.05) is 12.1 Å². The number of carbonyl (C=O) groups excluding carboxylic acids is 1. The Balaban J connectivity index is 3.31. The Labute approximate surface area is 108 Å². The Morgan fingerprint density at radius 1 is 1.53 bits per heavy atom. The molecule has 0 saturated carbocycles. The molecule has 2 N–H and O–H groups in total. The topological polar surface area (TPSA) is 85.3 Å². The molecule has 0 heterocycles. The molecule has 0 bridgehead atoms. The van der Waals surface area contributed by atoms with E-state index in [0.717, 1.165) is 6.07 Å². The first kappa shape index (κ1) is 14.9. The molecule has 0 aliphatic carbocycles. The number of nitrogens with two attached hydrogens (primary N) is 1. The summed E-state index contributed by atoms with van der Waals surface area (Å²) in [4.78, 5) is 11.6. The first-order valence-electron chi connectivity index (χ1n) is 5.43. The van der Waals surface area contributed by atoms with Gasteiger partial charge in [0.15, 0.2) is 0 Å². The molecule has 0 amide bonds. The van der Waals surface area contributed by atoms with Crippen molar-refractivity contribution < 1.29 is 23.0 Å². The molecule has 0 aromatic heterocycles. The number of esters is 1. The second kappa shape index (κ2) is 6.66. The molecule has 0 radical (unpaired) electrons. The van der Waals surface area contributed by atoms with Gasteiger partial charge in [-0.05, 0) is 19.1 Å². The number of benzene rings is 1. The highest BCUT2D eigenvalue weighted by Gasteiger charge is 2.20. The molecule has 0 aliphatic rings. The highest BCUT2D eigenvalue weighted by Crippen LogP contribution is 2.26. The van der Waals surface area contributed by atoms with Crippen LogP contribution in [0.4, 0.5) is 8.78 Å². The van der Waals surface area contributed by atoms with E-state index in [4.69, 9.17) is 15.7 Å². The van der Waals surface area contributed by atoms with Crippen LogP contribution in [0.25, 0.3) is 0 Å². The average molecular weight is 270 g/mol. The summed E-state index contributed by atoms with van der Waals surface area (Å²) < 4.78 is 33.4. The summed E-state index contributed by atoms with van der Waals surface area (Å²) in [6.07, 6.45) is 0. The first-order valence-corrected chi connectivity index (χ1v) is 5.43. The van der Waals surface area contributed by atoms with Crippen molar-refractivity contribution in [1.29, 1.82) is 5.26 Å². The highest BCUT2D eigenvalue weighted by molar-refractivity contribution is 5.92. The van der Waals surface area contributed by atoms with E-state index in [0.29, 0.717) is 0 Å². The zero-order valence-electron chi connectivity index (χ0n) is 10.2. The molecule has 19 heavy (non-hydrogen) atoms. The maximum atomic E-state index is 12.2. The SMILES string of the molecule is CCOC(=O)c1ccc(OC(F)F)c(C#N)c1CN. The summed E-state index contributed by atoms with van der Waals surface area (Å²) >= 11 is 0. The largest absolute Gasteiger partial charge is 0.462 e. The number of alkyl halides is 2. The molecule has 0 saturated heterocycles. The van der Waals surface area contributed by atoms with Crippen LogP contribution in [0.3, 0.4) is 0 Å². The molecular weight excluding hydrogens is 258 g/mol. The molecule has 1 aromatic carbocycles. The lowest BCUT2D eigenvalue weighted by atomic mass is 10.0. The molecule has 0 spiro atoms. The lowest BCUT2D eigenvalue weighted by molar-refractivity contribution is -0.0500. The van der Waals surface area contributed by atoms with Crippen LogP contribution in [0.15, 0.2) is 12.1 Å². The van der Waals surface area contributed by atoms with Crippen LogP contribution < -0.4 is 10.5 Å². The summed E-state index contributed by atoms with van der Waals surface area (Å²) in [5.74, 6) is -0.978. The van der Waals surface area contributed by atoms with Crippen LogP contribution in [-0.2, 0) is 11.3 Å². The number of halogens is 2. The van der Waals surface area contributed by atoms with Crippen molar-refractivity contribution in [3.63, 3.8) is 0 Å². The number of carbonyl (C=O) groups is 1. The molecule has 5 nitrogen and oxygen atoms in total. The molecule has 7 heteroatoms. The van der Waals surface area contributed by atoms with Crippen molar-refractivity contribution in [1.82, 2.24) is 0 Å². The lowest BCUT2D eigenvalue weighted by Crippen LogP contribution is -2.14. The van der Waals surface area contributed by atoms with Crippen molar-refractivity contribution in [2.45, 2.75) is 20.1 Å². The fourth-order valence-corrected chi connectivity index (χ4v) is 1.56. The number of nitrogens with zero attached hydrogens (tertiary/aromatic N) is 1. The van der Waals surface area contributed by atoms with Gasteiger partial charge < -0.3 is 15.2 Å². The summed E-state index contributed by atoms with van der Waals surface area (Å²) in [5.41, 5.74) is 5.47. The van der Waals surface area contributed by atoms with Gasteiger partial charge in [0.2, 0.25) is 0 Å². The Morgan fingerprint density at radius 2 is 2.21 bits per heavy atom. The maximum absolute atomic E-state index is 12.2. The number of hydrogen-bond acceptors (Lipinski definition) is 5. The molecule has 102 valence electrons. The fraction of sp³-hybridized carbons (Fsp3) is 0.333. The smallest absolute Gasteiger partial charge is 0.387 e. The van der Waals surface area contributed by atoms with Crippen molar-refractivity contribution in [3.8, 4) is 11.8 Å². The molecular formula is C12H12F2N2O3. The second-order valence-electron chi connectivity index (χ2n) is 3.38. The molecule has 1 aromatic rings. The van der Waals surface area contributed by atoms with Crippen molar-refractivity contribution in [2.75, 3.05) is 6.61 Å². The third kappa shape index (κ3) is 3.39. The quantitative estimate of drug-likeness (QED) is 0.824. The minimum atomic E-state index is -3.06. The van der Waals surface area contributed by atoms with Gasteiger partial charge in [-0.15, -0.1) is 0 Å². The van der Waals surface area contributed by atoms with Gasteiger partial charge in [-0.25, -0.2) is 4.79 Å². The fourth-order valence-electron chi connectivity index (χ4n) is 1.56. The summed E-state index contributed by atoms with van der Waals surface area (Å²) in [5, 5.41) is 9.00. The second-order valence-corrected chi connectivity index (χ2v) is 3.38. The maximum Gasteiger partial charge on any atom is 0.387 e. The normalized spacial score (nSPS) is 10.1. The number of nitriles is 1. The van der Waals surface area contributed by atoms with Gasteiger partial charge in [-0.3, -0.25) is 0 Å². The monoisotopic (exact) mass is 270 g/mol. The molecule has 0 fully saturated rings. The van der Waals surface area contributed by atoms with E-state index in [1.54, 1.807) is 13.0 Å². The van der Waals surface area contributed by atoms with Gasteiger partial charge in [0.1, 0.15) is 11.8 Å². The van der Waals surface area contributed by atoms with Crippen molar-refractivity contribution >= 4 is 5.97 Å². The summed E-state index contributed by atoms with van der Waals surface area (Å²) in [6, 6.07) is 4.08. The van der Waals surface area contributed by atoms with Crippen LogP contribution in [0.2, 0.25) is 0 Å². The Hall–Kier alpha value is -2.20. The standard InChI is InChI=1S/C12H12F2N2O3/c1-2-18-11(17)7-3-4-10(19-12(13)14)9(6-16)8(7)5-15/h3-4,12H,2,5,15H2,1H3.